The van der Waals surface area contributed by atoms with E-state index < -0.39 is 5.97 Å². The number of benzene rings is 1. The molecule has 0 saturated carbocycles. The first-order valence-corrected chi connectivity index (χ1v) is 12.1. The van der Waals surface area contributed by atoms with Crippen molar-refractivity contribution in [2.45, 2.75) is 12.5 Å². The van der Waals surface area contributed by atoms with Crippen LogP contribution < -0.4 is 0 Å². The second-order valence-electron chi connectivity index (χ2n) is 7.36. The highest BCUT2D eigenvalue weighted by Gasteiger charge is 2.34. The molecule has 0 aliphatic carbocycles. The molecular formula is C25H19N3O3S2. The highest BCUT2D eigenvalue weighted by Crippen LogP contribution is 2.35. The number of esters is 1. The SMILES string of the molecule is O=C(/C=C/c1cccc2cccnc12)OCC(=O)N1N=C(c2cccs2)CC1c1cccs1. The van der Waals surface area contributed by atoms with Gasteiger partial charge in [0.1, 0.15) is 0 Å². The number of hydrazone groups is 1. The Balaban J connectivity index is 1.27. The zero-order valence-corrected chi connectivity index (χ0v) is 19.1. The van der Waals surface area contributed by atoms with Crippen molar-refractivity contribution in [2.24, 2.45) is 5.10 Å². The fourth-order valence-electron chi connectivity index (χ4n) is 3.70. The third kappa shape index (κ3) is 4.62. The van der Waals surface area contributed by atoms with Crippen LogP contribution in [-0.2, 0) is 14.3 Å². The lowest BCUT2D eigenvalue weighted by Gasteiger charge is -2.20. The van der Waals surface area contributed by atoms with Crippen molar-refractivity contribution < 1.29 is 14.3 Å². The van der Waals surface area contributed by atoms with Crippen molar-refractivity contribution in [1.82, 2.24) is 9.99 Å². The predicted octanol–water partition coefficient (Wildman–Crippen LogP) is 5.29. The molecule has 164 valence electrons. The summed E-state index contributed by atoms with van der Waals surface area (Å²) in [6.07, 6.45) is 5.31. The van der Waals surface area contributed by atoms with Crippen LogP contribution in [0.25, 0.3) is 17.0 Å². The number of carbonyl (C=O) groups excluding carboxylic acids is 2. The Hall–Kier alpha value is -3.62. The van der Waals surface area contributed by atoms with Crippen molar-refractivity contribution in [1.29, 1.82) is 0 Å². The fraction of sp³-hybridized carbons (Fsp3) is 0.120. The number of fused-ring (bicyclic) bond motifs is 1. The number of rotatable bonds is 6. The summed E-state index contributed by atoms with van der Waals surface area (Å²) in [4.78, 5) is 31.7. The van der Waals surface area contributed by atoms with E-state index in [1.165, 1.54) is 11.1 Å². The molecule has 1 atom stereocenters. The summed E-state index contributed by atoms with van der Waals surface area (Å²) in [6.45, 7) is -0.375. The van der Waals surface area contributed by atoms with Crippen molar-refractivity contribution in [3.63, 3.8) is 0 Å². The first kappa shape index (κ1) is 21.2. The minimum absolute atomic E-state index is 0.189. The number of nitrogens with zero attached hydrogens (tertiary/aromatic N) is 3. The van der Waals surface area contributed by atoms with Crippen LogP contribution >= 0.6 is 22.7 Å². The average molecular weight is 474 g/mol. The van der Waals surface area contributed by atoms with Gasteiger partial charge in [-0.3, -0.25) is 9.78 Å². The standard InChI is InChI=1S/C25H19N3O3S2/c29-23(16-31-24(30)11-10-18-6-1-5-17-7-2-12-26-25(17)18)28-20(22-9-4-14-33-22)15-19(27-28)21-8-3-13-32-21/h1-14,20H,15-16H2/b11-10+. The molecule has 8 heteroatoms. The van der Waals surface area contributed by atoms with Crippen molar-refractivity contribution >= 4 is 57.2 Å². The molecule has 6 nitrogen and oxygen atoms in total. The number of thiophene rings is 2. The second-order valence-corrected chi connectivity index (χ2v) is 9.29. The molecule has 0 radical (unpaired) electrons. The summed E-state index contributed by atoms with van der Waals surface area (Å²) in [5, 5.41) is 11.0. The number of para-hydroxylation sites is 1. The molecule has 3 aromatic heterocycles. The first-order chi connectivity index (χ1) is 16.2. The van der Waals surface area contributed by atoms with Crippen LogP contribution in [0.3, 0.4) is 0 Å². The second kappa shape index (κ2) is 9.48. The van der Waals surface area contributed by atoms with Gasteiger partial charge in [0.25, 0.3) is 5.91 Å². The van der Waals surface area contributed by atoms with Crippen LogP contribution in [0.2, 0.25) is 0 Å². The maximum absolute atomic E-state index is 12.9. The van der Waals surface area contributed by atoms with Crippen LogP contribution in [-0.4, -0.2) is 34.2 Å². The number of hydrogen-bond acceptors (Lipinski definition) is 7. The lowest BCUT2D eigenvalue weighted by atomic mass is 10.1. The summed E-state index contributed by atoms with van der Waals surface area (Å²) < 4.78 is 5.24. The predicted molar refractivity (Wildman–Crippen MR) is 131 cm³/mol. The van der Waals surface area contributed by atoms with Crippen molar-refractivity contribution in [3.8, 4) is 0 Å². The van der Waals surface area contributed by atoms with Crippen LogP contribution in [0.1, 0.15) is 27.8 Å². The van der Waals surface area contributed by atoms with E-state index in [2.05, 4.69) is 10.1 Å². The number of hydrogen-bond donors (Lipinski definition) is 0. The van der Waals surface area contributed by atoms with Gasteiger partial charge in [0.2, 0.25) is 0 Å². The molecule has 0 saturated heterocycles. The highest BCUT2D eigenvalue weighted by atomic mass is 32.1. The molecular weight excluding hydrogens is 454 g/mol. The van der Waals surface area contributed by atoms with Crippen LogP contribution in [0.5, 0.6) is 0 Å². The maximum atomic E-state index is 12.9. The highest BCUT2D eigenvalue weighted by molar-refractivity contribution is 7.12. The van der Waals surface area contributed by atoms with E-state index in [0.717, 1.165) is 31.9 Å². The van der Waals surface area contributed by atoms with Gasteiger partial charge >= 0.3 is 5.97 Å². The summed E-state index contributed by atoms with van der Waals surface area (Å²) in [5.74, 6) is -0.945. The third-order valence-corrected chi connectivity index (χ3v) is 7.14. The van der Waals surface area contributed by atoms with Gasteiger partial charge in [-0.2, -0.15) is 5.10 Å². The molecule has 1 unspecified atom stereocenters. The number of pyridine rings is 1. The molecule has 4 aromatic rings. The summed E-state index contributed by atoms with van der Waals surface area (Å²) in [5.41, 5.74) is 2.47. The molecule has 5 rings (SSSR count). The zero-order valence-electron chi connectivity index (χ0n) is 17.5. The Kier molecular flexibility index (Phi) is 6.10. The minimum atomic E-state index is -0.592. The smallest absolute Gasteiger partial charge is 0.331 e. The summed E-state index contributed by atoms with van der Waals surface area (Å²) in [7, 11) is 0. The van der Waals surface area contributed by atoms with Crippen LogP contribution in [0, 0.1) is 0 Å². The van der Waals surface area contributed by atoms with Gasteiger partial charge in [-0.1, -0.05) is 36.4 Å². The molecule has 0 fully saturated rings. The molecule has 1 aromatic carbocycles. The maximum Gasteiger partial charge on any atom is 0.331 e. The first-order valence-electron chi connectivity index (χ1n) is 10.3. The quantitative estimate of drug-likeness (QED) is 0.282. The van der Waals surface area contributed by atoms with Gasteiger partial charge in [-0.05, 0) is 35.0 Å². The largest absolute Gasteiger partial charge is 0.452 e. The molecule has 0 N–H and O–H groups in total. The van der Waals surface area contributed by atoms with Crippen molar-refractivity contribution in [2.75, 3.05) is 6.61 Å². The van der Waals surface area contributed by atoms with Crippen LogP contribution in [0.4, 0.5) is 0 Å². The normalized spacial score (nSPS) is 15.8. The monoisotopic (exact) mass is 473 g/mol. The van der Waals surface area contributed by atoms with Gasteiger partial charge in [-0.25, -0.2) is 9.80 Å². The number of ether oxygens (including phenoxy) is 1. The van der Waals surface area contributed by atoms with Crippen molar-refractivity contribution in [3.05, 3.63) is 92.9 Å². The van der Waals surface area contributed by atoms with E-state index in [1.54, 1.807) is 34.9 Å². The molecule has 1 aliphatic rings. The topological polar surface area (TPSA) is 71.9 Å². The van der Waals surface area contributed by atoms with Gasteiger partial charge < -0.3 is 4.74 Å². The van der Waals surface area contributed by atoms with E-state index in [4.69, 9.17) is 4.74 Å². The lowest BCUT2D eigenvalue weighted by molar-refractivity contribution is -0.149. The molecule has 1 amide bonds. The Bertz CT molecular complexity index is 1340. The van der Waals surface area contributed by atoms with E-state index >= 15 is 0 Å². The molecule has 0 bridgehead atoms. The molecule has 0 spiro atoms. The number of aromatic nitrogens is 1. The lowest BCUT2D eigenvalue weighted by Crippen LogP contribution is -2.30. The number of carbonyl (C=O) groups is 2. The average Bonchev–Trinajstić information content (AvgIpc) is 3.62. The Morgan fingerprint density at radius 2 is 1.91 bits per heavy atom. The Morgan fingerprint density at radius 1 is 1.06 bits per heavy atom. The van der Waals surface area contributed by atoms with Gasteiger partial charge in [0.15, 0.2) is 6.61 Å². The minimum Gasteiger partial charge on any atom is -0.452 e. The molecule has 4 heterocycles. The van der Waals surface area contributed by atoms with E-state index in [-0.39, 0.29) is 18.6 Å². The summed E-state index contributed by atoms with van der Waals surface area (Å²) >= 11 is 3.17. The van der Waals surface area contributed by atoms with Gasteiger partial charge in [0, 0.05) is 34.5 Å². The molecule has 33 heavy (non-hydrogen) atoms. The zero-order chi connectivity index (χ0) is 22.6. The van der Waals surface area contributed by atoms with E-state index in [9.17, 15) is 9.59 Å². The van der Waals surface area contributed by atoms with Gasteiger partial charge in [-0.15, -0.1) is 22.7 Å². The Morgan fingerprint density at radius 3 is 2.73 bits per heavy atom. The molecule has 1 aliphatic heterocycles. The van der Waals surface area contributed by atoms with Gasteiger partial charge in [0.05, 0.1) is 22.1 Å². The van der Waals surface area contributed by atoms with E-state index in [1.807, 2.05) is 65.4 Å². The number of amides is 1. The Labute approximate surface area is 198 Å². The summed E-state index contributed by atoms with van der Waals surface area (Å²) in [6, 6.07) is 17.3. The van der Waals surface area contributed by atoms with Crippen LogP contribution in [0.15, 0.2) is 82.7 Å². The van der Waals surface area contributed by atoms with E-state index in [0.29, 0.717) is 6.42 Å². The third-order valence-electron chi connectivity index (χ3n) is 5.24. The fourth-order valence-corrected chi connectivity index (χ4v) is 5.23.